The van der Waals surface area contributed by atoms with E-state index in [0.29, 0.717) is 51.0 Å². The van der Waals surface area contributed by atoms with Crippen molar-refractivity contribution in [2.75, 3.05) is 23.5 Å². The Balaban J connectivity index is 1.70. The molecule has 0 aliphatic carbocycles. The van der Waals surface area contributed by atoms with Gasteiger partial charge in [0.15, 0.2) is 20.8 Å². The molecule has 0 saturated carbocycles. The van der Waals surface area contributed by atoms with Crippen molar-refractivity contribution in [3.8, 4) is 0 Å². The molecule has 3 aromatic heterocycles. The number of pyridine rings is 1. The molecular weight excluding hydrogens is 599 g/mol. The Morgan fingerprint density at radius 1 is 1.11 bits per heavy atom. The third-order valence-electron chi connectivity index (χ3n) is 7.00. The number of rotatable bonds is 13. The van der Waals surface area contributed by atoms with Crippen LogP contribution in [0.5, 0.6) is 0 Å². The van der Waals surface area contributed by atoms with Gasteiger partial charge < -0.3 is 10.1 Å². The number of thiazole rings is 1. The van der Waals surface area contributed by atoms with Gasteiger partial charge >= 0.3 is 5.97 Å². The molecule has 2 N–H and O–H groups in total. The van der Waals surface area contributed by atoms with Crippen LogP contribution in [0.1, 0.15) is 65.9 Å². The second-order valence-electron chi connectivity index (χ2n) is 10.4. The second kappa shape index (κ2) is 14.5. The number of nitrogens with one attached hydrogen (secondary N) is 2. The van der Waals surface area contributed by atoms with E-state index in [1.54, 1.807) is 38.4 Å². The van der Waals surface area contributed by atoms with E-state index >= 15 is 0 Å². The van der Waals surface area contributed by atoms with E-state index in [4.69, 9.17) is 14.7 Å². The number of anilines is 3. The maximum absolute atomic E-state index is 12.4. The first kappa shape index (κ1) is 32.7. The zero-order valence-electron chi connectivity index (χ0n) is 25.7. The van der Waals surface area contributed by atoms with Crippen molar-refractivity contribution < 1.29 is 17.9 Å². The van der Waals surface area contributed by atoms with Crippen molar-refractivity contribution in [1.29, 1.82) is 0 Å². The average molecular weight is 636 g/mol. The van der Waals surface area contributed by atoms with Crippen molar-refractivity contribution in [3.63, 3.8) is 0 Å². The Hall–Kier alpha value is -4.23. The molecule has 4 rings (SSSR count). The van der Waals surface area contributed by atoms with Crippen LogP contribution in [0, 0.1) is 12.8 Å². The minimum Gasteiger partial charge on any atom is -0.462 e. The van der Waals surface area contributed by atoms with Gasteiger partial charge in [0.1, 0.15) is 10.6 Å². The lowest BCUT2D eigenvalue weighted by molar-refractivity contribution is 0.0531. The van der Waals surface area contributed by atoms with Crippen LogP contribution in [0.4, 0.5) is 22.6 Å². The third kappa shape index (κ3) is 8.23. The number of esters is 1. The summed E-state index contributed by atoms with van der Waals surface area (Å²) in [6, 6.07) is 12.7. The molecule has 13 heteroatoms. The summed E-state index contributed by atoms with van der Waals surface area (Å²) in [4.78, 5) is 36.4. The predicted molar refractivity (Wildman–Crippen MR) is 174 cm³/mol. The van der Waals surface area contributed by atoms with Crippen molar-refractivity contribution in [1.82, 2.24) is 19.9 Å². The molecule has 232 valence electrons. The van der Waals surface area contributed by atoms with Crippen molar-refractivity contribution in [2.24, 2.45) is 10.9 Å². The molecule has 0 aliphatic rings. The quantitative estimate of drug-likeness (QED) is 0.127. The van der Waals surface area contributed by atoms with Crippen LogP contribution in [0.15, 0.2) is 58.5 Å². The second-order valence-corrected chi connectivity index (χ2v) is 13.4. The number of ether oxygens (including phenoxy) is 1. The molecule has 2 unspecified atom stereocenters. The normalized spacial score (nSPS) is 13.0. The first-order valence-electron chi connectivity index (χ1n) is 14.2. The van der Waals surface area contributed by atoms with Crippen LogP contribution in [0.2, 0.25) is 0 Å². The van der Waals surface area contributed by atoms with Gasteiger partial charge in [-0.05, 0) is 62.9 Å². The van der Waals surface area contributed by atoms with Gasteiger partial charge in [0.25, 0.3) is 0 Å². The van der Waals surface area contributed by atoms with Gasteiger partial charge in [0.05, 0.1) is 35.1 Å². The SMILES string of the molecule is CC=Nc1c(NCc2ccccn2)nc(Nc2nc(C)c(C(=O)OCC)s2)nc1C(C)C(C)Cc1ccc(S(C)(=O)=O)cc1. The number of hydrogen-bond acceptors (Lipinski definition) is 12. The molecule has 2 atom stereocenters. The van der Waals surface area contributed by atoms with E-state index in [2.05, 4.69) is 39.4 Å². The van der Waals surface area contributed by atoms with Gasteiger partial charge in [-0.25, -0.2) is 23.2 Å². The van der Waals surface area contributed by atoms with Crippen LogP contribution >= 0.6 is 11.3 Å². The van der Waals surface area contributed by atoms with Gasteiger partial charge in [-0.3, -0.25) is 15.3 Å². The molecule has 0 bridgehead atoms. The van der Waals surface area contributed by atoms with Crippen LogP contribution in [0.3, 0.4) is 0 Å². The highest BCUT2D eigenvalue weighted by Gasteiger charge is 2.25. The number of nitrogens with zero attached hydrogens (tertiary/aromatic N) is 5. The highest BCUT2D eigenvalue weighted by atomic mass is 32.2. The number of aliphatic imine (C=N–C) groups is 1. The smallest absolute Gasteiger partial charge is 0.350 e. The zero-order chi connectivity index (χ0) is 31.9. The number of aryl methyl sites for hydroxylation is 1. The first-order chi connectivity index (χ1) is 21.0. The fourth-order valence-electron chi connectivity index (χ4n) is 4.52. The zero-order valence-corrected chi connectivity index (χ0v) is 27.3. The van der Waals surface area contributed by atoms with Gasteiger partial charge in [-0.2, -0.15) is 4.98 Å². The first-order valence-corrected chi connectivity index (χ1v) is 17.0. The predicted octanol–water partition coefficient (Wildman–Crippen LogP) is 6.28. The largest absolute Gasteiger partial charge is 0.462 e. The lowest BCUT2D eigenvalue weighted by Gasteiger charge is -2.23. The lowest BCUT2D eigenvalue weighted by atomic mass is 9.86. The minimum atomic E-state index is -3.27. The Labute approximate surface area is 262 Å². The van der Waals surface area contributed by atoms with Crippen molar-refractivity contribution in [3.05, 3.63) is 76.2 Å². The number of carbonyl (C=O) groups is 1. The fourth-order valence-corrected chi connectivity index (χ4v) is 6.01. The number of aromatic nitrogens is 4. The molecule has 11 nitrogen and oxygen atoms in total. The maximum atomic E-state index is 12.4. The standard InChI is InChI=1S/C31H37N7O4S2/c1-7-32-26-25(20(4)19(3)17-22-12-14-24(15-13-22)44(6,40)41)36-30(37-28(26)34-18-23-11-9-10-16-33-23)38-31-35-21(5)27(43-31)29(39)42-8-2/h7,9-16,19-20H,8,17-18H2,1-6H3,(H2,34,35,36,37,38). The summed E-state index contributed by atoms with van der Waals surface area (Å²) in [7, 11) is -3.27. The molecule has 0 saturated heterocycles. The molecule has 0 spiro atoms. The molecule has 1 aromatic carbocycles. The summed E-state index contributed by atoms with van der Waals surface area (Å²) in [5.41, 5.74) is 3.75. The molecule has 3 heterocycles. The Kier molecular flexibility index (Phi) is 10.8. The number of carbonyl (C=O) groups excluding carboxylic acids is 1. The maximum Gasteiger partial charge on any atom is 0.350 e. The van der Waals surface area contributed by atoms with E-state index in [1.165, 1.54) is 17.6 Å². The molecule has 4 aromatic rings. The highest BCUT2D eigenvalue weighted by Crippen LogP contribution is 2.38. The lowest BCUT2D eigenvalue weighted by Crippen LogP contribution is -2.15. The van der Waals surface area contributed by atoms with Crippen LogP contribution in [-0.4, -0.2) is 53.4 Å². The van der Waals surface area contributed by atoms with E-state index in [0.717, 1.165) is 17.0 Å². The van der Waals surface area contributed by atoms with Gasteiger partial charge in [0, 0.05) is 24.6 Å². The molecule has 44 heavy (non-hydrogen) atoms. The summed E-state index contributed by atoms with van der Waals surface area (Å²) < 4.78 is 29.0. The number of sulfone groups is 1. The minimum absolute atomic E-state index is 0.0737. The Morgan fingerprint density at radius 2 is 1.86 bits per heavy atom. The monoisotopic (exact) mass is 635 g/mol. The summed E-state index contributed by atoms with van der Waals surface area (Å²) in [5, 5.41) is 7.03. The van der Waals surface area contributed by atoms with Crippen LogP contribution in [0.25, 0.3) is 0 Å². The van der Waals surface area contributed by atoms with Crippen LogP contribution in [-0.2, 0) is 27.5 Å². The summed E-state index contributed by atoms with van der Waals surface area (Å²) in [5.74, 6) is 0.440. The van der Waals surface area contributed by atoms with Crippen LogP contribution < -0.4 is 10.6 Å². The fraction of sp³-hybridized carbons (Fsp3) is 0.355. The highest BCUT2D eigenvalue weighted by molar-refractivity contribution is 7.90. The number of hydrogen-bond donors (Lipinski definition) is 2. The van der Waals surface area contributed by atoms with Gasteiger partial charge in [-0.15, -0.1) is 0 Å². The molecule has 0 radical (unpaired) electrons. The van der Waals surface area contributed by atoms with Gasteiger partial charge in [0.2, 0.25) is 5.95 Å². The summed E-state index contributed by atoms with van der Waals surface area (Å²) in [6.45, 7) is 10.3. The van der Waals surface area contributed by atoms with E-state index < -0.39 is 15.8 Å². The molecule has 0 amide bonds. The van der Waals surface area contributed by atoms with E-state index in [9.17, 15) is 13.2 Å². The summed E-state index contributed by atoms with van der Waals surface area (Å²) >= 11 is 1.18. The van der Waals surface area contributed by atoms with E-state index in [1.807, 2.05) is 37.3 Å². The summed E-state index contributed by atoms with van der Waals surface area (Å²) in [6.07, 6.45) is 5.34. The topological polar surface area (TPSA) is 148 Å². The molecule has 0 fully saturated rings. The Bertz CT molecular complexity index is 1720. The number of benzene rings is 1. The third-order valence-corrected chi connectivity index (χ3v) is 9.18. The average Bonchev–Trinajstić information content (AvgIpc) is 3.36. The van der Waals surface area contributed by atoms with E-state index in [-0.39, 0.29) is 18.4 Å². The molecule has 0 aliphatic heterocycles. The van der Waals surface area contributed by atoms with Gasteiger partial charge in [-0.1, -0.05) is 43.4 Å². The molecular formula is C31H37N7O4S2. The van der Waals surface area contributed by atoms with Crippen molar-refractivity contribution in [2.45, 2.75) is 58.4 Å². The van der Waals surface area contributed by atoms with Crippen molar-refractivity contribution >= 4 is 55.9 Å². The Morgan fingerprint density at radius 3 is 2.50 bits per heavy atom.